The molecule has 0 radical (unpaired) electrons. The Morgan fingerprint density at radius 3 is 2.48 bits per heavy atom. The lowest BCUT2D eigenvalue weighted by atomic mass is 9.90. The van der Waals surface area contributed by atoms with Crippen molar-refractivity contribution in [2.24, 2.45) is 5.16 Å². The van der Waals surface area contributed by atoms with Gasteiger partial charge in [0.05, 0.1) is 12.8 Å². The van der Waals surface area contributed by atoms with E-state index in [0.29, 0.717) is 17.9 Å². The molecule has 0 N–H and O–H groups in total. The molecule has 0 bridgehead atoms. The van der Waals surface area contributed by atoms with E-state index in [1.54, 1.807) is 12.1 Å². The molecule has 1 aliphatic carbocycles. The lowest BCUT2D eigenvalue weighted by Gasteiger charge is -2.16. The second-order valence-electron chi connectivity index (χ2n) is 5.25. The third kappa shape index (κ3) is 3.37. The number of ether oxygens (including phenoxy) is 1. The normalized spacial score (nSPS) is 16.0. The summed E-state index contributed by atoms with van der Waals surface area (Å²) in [5.74, 6) is 0.580. The third-order valence-corrected chi connectivity index (χ3v) is 4.90. The van der Waals surface area contributed by atoms with Crippen LogP contribution in [0.1, 0.15) is 24.0 Å². The van der Waals surface area contributed by atoms with Crippen LogP contribution < -0.4 is 4.74 Å². The van der Waals surface area contributed by atoms with Gasteiger partial charge in [-0.15, -0.1) is 0 Å². The molecule has 3 rings (SSSR count). The number of rotatable bonds is 4. The van der Waals surface area contributed by atoms with Crippen LogP contribution >= 0.6 is 0 Å². The van der Waals surface area contributed by atoms with Gasteiger partial charge in [0, 0.05) is 5.56 Å². The predicted octanol–water partition coefficient (Wildman–Crippen LogP) is 3.14. The zero-order valence-electron chi connectivity index (χ0n) is 12.7. The monoisotopic (exact) mass is 331 g/mol. The first kappa shape index (κ1) is 15.6. The minimum atomic E-state index is -3.93. The molecule has 0 saturated carbocycles. The lowest BCUT2D eigenvalue weighted by Crippen LogP contribution is -2.13. The van der Waals surface area contributed by atoms with Gasteiger partial charge < -0.3 is 4.74 Å². The highest BCUT2D eigenvalue weighted by Gasteiger charge is 2.19. The Kier molecular flexibility index (Phi) is 4.34. The van der Waals surface area contributed by atoms with E-state index >= 15 is 0 Å². The summed E-state index contributed by atoms with van der Waals surface area (Å²) in [5.41, 5.74) is 2.80. The summed E-state index contributed by atoms with van der Waals surface area (Å²) in [4.78, 5) is 0.0479. The molecule has 1 aliphatic rings. The van der Waals surface area contributed by atoms with Gasteiger partial charge in [-0.2, -0.15) is 8.42 Å². The van der Waals surface area contributed by atoms with E-state index < -0.39 is 10.1 Å². The summed E-state index contributed by atoms with van der Waals surface area (Å²) in [5, 5.41) is 3.91. The maximum atomic E-state index is 12.2. The van der Waals surface area contributed by atoms with E-state index in [-0.39, 0.29) is 4.90 Å². The average molecular weight is 331 g/mol. The standard InChI is InChI=1S/C17H17NO4S/c1-21-14-9-11-15(12-10-14)23(19,20)22-18-17-8-4-6-13-5-2-3-7-16(13)17/h2-3,5,7,9-12H,4,6,8H2,1H3/b18-17+. The highest BCUT2D eigenvalue weighted by molar-refractivity contribution is 7.86. The predicted molar refractivity (Wildman–Crippen MR) is 87.2 cm³/mol. The highest BCUT2D eigenvalue weighted by Crippen LogP contribution is 2.23. The average Bonchev–Trinajstić information content (AvgIpc) is 2.60. The fraction of sp³-hybridized carbons (Fsp3) is 0.235. The summed E-state index contributed by atoms with van der Waals surface area (Å²) in [7, 11) is -2.41. The number of benzene rings is 2. The van der Waals surface area contributed by atoms with Crippen molar-refractivity contribution >= 4 is 15.8 Å². The molecule has 0 spiro atoms. The van der Waals surface area contributed by atoms with Gasteiger partial charge in [-0.05, 0) is 49.1 Å². The zero-order chi connectivity index (χ0) is 16.3. The molecule has 23 heavy (non-hydrogen) atoms. The number of aryl methyl sites for hydroxylation is 1. The van der Waals surface area contributed by atoms with Crippen molar-refractivity contribution in [3.63, 3.8) is 0 Å². The zero-order valence-corrected chi connectivity index (χ0v) is 13.5. The fourth-order valence-electron chi connectivity index (χ4n) is 2.58. The maximum absolute atomic E-state index is 12.2. The smallest absolute Gasteiger partial charge is 0.358 e. The Morgan fingerprint density at radius 2 is 1.74 bits per heavy atom. The Morgan fingerprint density at radius 1 is 1.00 bits per heavy atom. The van der Waals surface area contributed by atoms with E-state index in [0.717, 1.165) is 18.4 Å². The quantitative estimate of drug-likeness (QED) is 0.807. The molecule has 0 saturated heterocycles. The van der Waals surface area contributed by atoms with Gasteiger partial charge in [-0.3, -0.25) is 4.28 Å². The topological polar surface area (TPSA) is 65.0 Å². The van der Waals surface area contributed by atoms with Gasteiger partial charge >= 0.3 is 10.1 Å². The molecular formula is C17H17NO4S. The van der Waals surface area contributed by atoms with E-state index in [1.807, 2.05) is 24.3 Å². The van der Waals surface area contributed by atoms with Crippen LogP contribution in [0, 0.1) is 0 Å². The molecule has 0 heterocycles. The van der Waals surface area contributed by atoms with Gasteiger partial charge in [0.15, 0.2) is 0 Å². The van der Waals surface area contributed by atoms with Crippen LogP contribution in [0.5, 0.6) is 5.75 Å². The molecule has 120 valence electrons. The van der Waals surface area contributed by atoms with Crippen LogP contribution in [0.3, 0.4) is 0 Å². The molecule has 0 amide bonds. The minimum absolute atomic E-state index is 0.0479. The Balaban J connectivity index is 1.84. The molecule has 0 aliphatic heterocycles. The Hall–Kier alpha value is -2.34. The van der Waals surface area contributed by atoms with Crippen LogP contribution in [0.15, 0.2) is 58.6 Å². The molecule has 2 aromatic rings. The van der Waals surface area contributed by atoms with Crippen LogP contribution in [0.2, 0.25) is 0 Å². The molecule has 6 heteroatoms. The molecule has 0 aromatic heterocycles. The largest absolute Gasteiger partial charge is 0.497 e. The van der Waals surface area contributed by atoms with E-state index in [1.165, 1.54) is 24.8 Å². The van der Waals surface area contributed by atoms with Crippen LogP contribution in [-0.4, -0.2) is 21.2 Å². The Labute approximate surface area is 135 Å². The lowest BCUT2D eigenvalue weighted by molar-refractivity contribution is 0.337. The van der Waals surface area contributed by atoms with Gasteiger partial charge in [-0.1, -0.05) is 29.4 Å². The van der Waals surface area contributed by atoms with Crippen molar-refractivity contribution in [2.75, 3.05) is 7.11 Å². The van der Waals surface area contributed by atoms with Crippen molar-refractivity contribution in [1.82, 2.24) is 0 Å². The summed E-state index contributed by atoms with van der Waals surface area (Å²) in [6, 6.07) is 13.9. The first-order valence-electron chi connectivity index (χ1n) is 7.33. The molecule has 0 atom stereocenters. The van der Waals surface area contributed by atoms with Gasteiger partial charge in [0.2, 0.25) is 0 Å². The number of methoxy groups -OCH3 is 1. The second-order valence-corrected chi connectivity index (χ2v) is 6.78. The minimum Gasteiger partial charge on any atom is -0.497 e. The summed E-state index contributed by atoms with van der Waals surface area (Å²) in [6.45, 7) is 0. The molecular weight excluding hydrogens is 314 g/mol. The van der Waals surface area contributed by atoms with E-state index in [4.69, 9.17) is 9.02 Å². The molecule has 5 nitrogen and oxygen atoms in total. The van der Waals surface area contributed by atoms with Crippen LogP contribution in [0.25, 0.3) is 0 Å². The van der Waals surface area contributed by atoms with Gasteiger partial charge in [-0.25, -0.2) is 0 Å². The van der Waals surface area contributed by atoms with Gasteiger partial charge in [0.1, 0.15) is 10.6 Å². The molecule has 0 unspecified atom stereocenters. The SMILES string of the molecule is COc1ccc(S(=O)(=O)O/N=C2\CCCc3ccccc32)cc1. The molecule has 0 fully saturated rings. The highest BCUT2D eigenvalue weighted by atomic mass is 32.2. The summed E-state index contributed by atoms with van der Waals surface area (Å²) >= 11 is 0. The third-order valence-electron chi connectivity index (χ3n) is 3.78. The van der Waals surface area contributed by atoms with Crippen molar-refractivity contribution in [3.8, 4) is 5.75 Å². The summed E-state index contributed by atoms with van der Waals surface area (Å²) in [6.07, 6.45) is 2.61. The van der Waals surface area contributed by atoms with Crippen molar-refractivity contribution in [1.29, 1.82) is 0 Å². The Bertz CT molecular complexity index is 826. The first-order valence-corrected chi connectivity index (χ1v) is 8.74. The maximum Gasteiger partial charge on any atom is 0.358 e. The first-order chi connectivity index (χ1) is 11.1. The van der Waals surface area contributed by atoms with Crippen LogP contribution in [-0.2, 0) is 20.8 Å². The number of fused-ring (bicyclic) bond motifs is 1. The van der Waals surface area contributed by atoms with Crippen LogP contribution in [0.4, 0.5) is 0 Å². The number of oxime groups is 1. The van der Waals surface area contributed by atoms with E-state index in [2.05, 4.69) is 5.16 Å². The van der Waals surface area contributed by atoms with Crippen molar-refractivity contribution in [2.45, 2.75) is 24.2 Å². The number of hydrogen-bond donors (Lipinski definition) is 0. The van der Waals surface area contributed by atoms with Crippen molar-refractivity contribution in [3.05, 3.63) is 59.7 Å². The number of hydrogen-bond acceptors (Lipinski definition) is 5. The molecule has 2 aromatic carbocycles. The van der Waals surface area contributed by atoms with Crippen molar-refractivity contribution < 1.29 is 17.4 Å². The fourth-order valence-corrected chi connectivity index (χ4v) is 3.32. The van der Waals surface area contributed by atoms with E-state index in [9.17, 15) is 8.42 Å². The second kappa shape index (κ2) is 6.42. The summed E-state index contributed by atoms with van der Waals surface area (Å²) < 4.78 is 34.4. The van der Waals surface area contributed by atoms with Gasteiger partial charge in [0.25, 0.3) is 0 Å². The number of nitrogens with zero attached hydrogens (tertiary/aromatic N) is 1.